The summed E-state index contributed by atoms with van der Waals surface area (Å²) in [6, 6.07) is 8.91. The van der Waals surface area contributed by atoms with E-state index in [2.05, 4.69) is 36.2 Å². The Labute approximate surface area is 114 Å². The summed E-state index contributed by atoms with van der Waals surface area (Å²) in [6.45, 7) is 1.67. The Kier molecular flexibility index (Phi) is 3.10. The average Bonchev–Trinajstić information content (AvgIpc) is 2.42. The summed E-state index contributed by atoms with van der Waals surface area (Å²) >= 11 is 0. The molecule has 1 saturated carbocycles. The first-order valence-electron chi connectivity index (χ1n) is 7.11. The van der Waals surface area contributed by atoms with Crippen molar-refractivity contribution in [2.45, 2.75) is 32.1 Å². The van der Waals surface area contributed by atoms with Gasteiger partial charge in [-0.25, -0.2) is 0 Å². The molecular weight excluding hydrogens is 236 g/mol. The molecule has 0 aromatic heterocycles. The van der Waals surface area contributed by atoms with Gasteiger partial charge in [0.25, 0.3) is 0 Å². The maximum atomic E-state index is 9.33. The molecule has 3 rings (SSSR count). The number of nitrogens with zero attached hydrogens (tertiary/aromatic N) is 2. The van der Waals surface area contributed by atoms with Crippen LogP contribution in [0.3, 0.4) is 0 Å². The molecule has 100 valence electrons. The third-order valence-corrected chi connectivity index (χ3v) is 4.42. The van der Waals surface area contributed by atoms with Crippen molar-refractivity contribution in [3.05, 3.63) is 23.8 Å². The Morgan fingerprint density at radius 2 is 2.21 bits per heavy atom. The van der Waals surface area contributed by atoms with E-state index in [-0.39, 0.29) is 5.41 Å². The molecule has 0 atom stereocenters. The van der Waals surface area contributed by atoms with Gasteiger partial charge in [0.05, 0.1) is 18.1 Å². The summed E-state index contributed by atoms with van der Waals surface area (Å²) in [5, 5.41) is 9.33. The van der Waals surface area contributed by atoms with E-state index in [0.29, 0.717) is 0 Å². The topological polar surface area (TPSA) is 36.3 Å². The molecule has 2 aliphatic rings. The first-order chi connectivity index (χ1) is 9.22. The predicted molar refractivity (Wildman–Crippen MR) is 75.4 cm³/mol. The minimum Gasteiger partial charge on any atom is -0.493 e. The van der Waals surface area contributed by atoms with Crippen molar-refractivity contribution in [3.8, 4) is 11.8 Å². The zero-order valence-electron chi connectivity index (χ0n) is 11.5. The first-order valence-corrected chi connectivity index (χ1v) is 7.11. The summed E-state index contributed by atoms with van der Waals surface area (Å²) in [5.74, 6) is 1.03. The largest absolute Gasteiger partial charge is 0.493 e. The van der Waals surface area contributed by atoms with Gasteiger partial charge in [-0.1, -0.05) is 6.42 Å². The van der Waals surface area contributed by atoms with Crippen molar-refractivity contribution in [2.24, 2.45) is 5.41 Å². The summed E-state index contributed by atoms with van der Waals surface area (Å²) in [5.41, 5.74) is 2.39. The van der Waals surface area contributed by atoms with Crippen LogP contribution in [0.5, 0.6) is 5.75 Å². The summed E-state index contributed by atoms with van der Waals surface area (Å²) in [4.78, 5) is 2.22. The number of nitriles is 1. The molecule has 1 heterocycles. The van der Waals surface area contributed by atoms with E-state index >= 15 is 0 Å². The van der Waals surface area contributed by atoms with Crippen molar-refractivity contribution >= 4 is 5.69 Å². The highest BCUT2D eigenvalue weighted by Gasteiger charge is 2.38. The van der Waals surface area contributed by atoms with Gasteiger partial charge in [0, 0.05) is 19.3 Å². The average molecular weight is 256 g/mol. The number of hydrogen-bond acceptors (Lipinski definition) is 3. The quantitative estimate of drug-likeness (QED) is 0.833. The van der Waals surface area contributed by atoms with Crippen LogP contribution in [0, 0.1) is 16.7 Å². The van der Waals surface area contributed by atoms with Gasteiger partial charge in [-0.15, -0.1) is 0 Å². The lowest BCUT2D eigenvalue weighted by Crippen LogP contribution is -2.39. The lowest BCUT2D eigenvalue weighted by molar-refractivity contribution is 0.223. The SMILES string of the molecule is CN(CC1(C#N)CCC1)c1ccc2c(c1)CCCO2. The zero-order chi connectivity index (χ0) is 13.3. The highest BCUT2D eigenvalue weighted by molar-refractivity contribution is 5.53. The molecule has 1 aliphatic heterocycles. The van der Waals surface area contributed by atoms with Crippen LogP contribution < -0.4 is 9.64 Å². The van der Waals surface area contributed by atoms with Crippen LogP contribution in [0.4, 0.5) is 5.69 Å². The predicted octanol–water partition coefficient (Wildman–Crippen LogP) is 3.14. The van der Waals surface area contributed by atoms with Crippen molar-refractivity contribution in [1.29, 1.82) is 5.26 Å². The molecule has 0 saturated heterocycles. The highest BCUT2D eigenvalue weighted by atomic mass is 16.5. The smallest absolute Gasteiger partial charge is 0.122 e. The fourth-order valence-corrected chi connectivity index (χ4v) is 3.04. The van der Waals surface area contributed by atoms with Gasteiger partial charge in [0.15, 0.2) is 0 Å². The molecule has 1 fully saturated rings. The molecule has 1 aromatic carbocycles. The third kappa shape index (κ3) is 2.28. The van der Waals surface area contributed by atoms with Gasteiger partial charge in [0.2, 0.25) is 0 Å². The maximum Gasteiger partial charge on any atom is 0.122 e. The Morgan fingerprint density at radius 3 is 2.89 bits per heavy atom. The molecule has 1 aliphatic carbocycles. The van der Waals surface area contributed by atoms with Crippen molar-refractivity contribution in [3.63, 3.8) is 0 Å². The molecule has 1 aromatic rings. The van der Waals surface area contributed by atoms with Crippen LogP contribution in [0.2, 0.25) is 0 Å². The van der Waals surface area contributed by atoms with E-state index in [1.165, 1.54) is 17.7 Å². The van der Waals surface area contributed by atoms with Crippen LogP contribution in [-0.2, 0) is 6.42 Å². The third-order valence-electron chi connectivity index (χ3n) is 4.42. The van der Waals surface area contributed by atoms with E-state index in [0.717, 1.165) is 44.6 Å². The van der Waals surface area contributed by atoms with Gasteiger partial charge in [-0.3, -0.25) is 0 Å². The number of anilines is 1. The number of hydrogen-bond donors (Lipinski definition) is 0. The standard InChI is InChI=1S/C16H20N2O/c1-18(12-16(11-17)7-3-8-16)14-5-6-15-13(10-14)4-2-9-19-15/h5-6,10H,2-4,7-9,12H2,1H3. The number of ether oxygens (including phenoxy) is 1. The van der Waals surface area contributed by atoms with E-state index in [1.54, 1.807) is 0 Å². The molecule has 0 bridgehead atoms. The number of benzene rings is 1. The molecule has 0 N–H and O–H groups in total. The summed E-state index contributed by atoms with van der Waals surface area (Å²) in [6.07, 6.45) is 5.48. The normalized spacial score (nSPS) is 19.6. The lowest BCUT2D eigenvalue weighted by Gasteiger charge is -2.39. The van der Waals surface area contributed by atoms with Gasteiger partial charge in [0.1, 0.15) is 5.75 Å². The van der Waals surface area contributed by atoms with Crippen LogP contribution in [0.1, 0.15) is 31.2 Å². The van der Waals surface area contributed by atoms with E-state index in [9.17, 15) is 5.26 Å². The fourth-order valence-electron chi connectivity index (χ4n) is 3.04. The Hall–Kier alpha value is -1.69. The van der Waals surface area contributed by atoms with Gasteiger partial charge in [-0.05, 0) is 49.4 Å². The van der Waals surface area contributed by atoms with Crippen molar-refractivity contribution in [2.75, 3.05) is 25.1 Å². The van der Waals surface area contributed by atoms with E-state index in [1.807, 2.05) is 0 Å². The number of aryl methyl sites for hydroxylation is 1. The van der Waals surface area contributed by atoms with E-state index < -0.39 is 0 Å². The highest BCUT2D eigenvalue weighted by Crippen LogP contribution is 2.41. The Balaban J connectivity index is 1.76. The summed E-state index contributed by atoms with van der Waals surface area (Å²) < 4.78 is 5.64. The fraction of sp³-hybridized carbons (Fsp3) is 0.562. The van der Waals surface area contributed by atoms with Gasteiger partial charge >= 0.3 is 0 Å². The Bertz CT molecular complexity index is 514. The van der Waals surface area contributed by atoms with Crippen LogP contribution >= 0.6 is 0 Å². The van der Waals surface area contributed by atoms with Crippen LogP contribution in [-0.4, -0.2) is 20.2 Å². The maximum absolute atomic E-state index is 9.33. The molecule has 3 nitrogen and oxygen atoms in total. The van der Waals surface area contributed by atoms with Crippen molar-refractivity contribution in [1.82, 2.24) is 0 Å². The van der Waals surface area contributed by atoms with Gasteiger partial charge in [-0.2, -0.15) is 5.26 Å². The molecule has 0 radical (unpaired) electrons. The van der Waals surface area contributed by atoms with Crippen molar-refractivity contribution < 1.29 is 4.74 Å². The second-order valence-electron chi connectivity index (χ2n) is 5.85. The second kappa shape index (κ2) is 4.77. The monoisotopic (exact) mass is 256 g/mol. The first kappa shape index (κ1) is 12.3. The van der Waals surface area contributed by atoms with E-state index in [4.69, 9.17) is 4.74 Å². The Morgan fingerprint density at radius 1 is 1.37 bits per heavy atom. The second-order valence-corrected chi connectivity index (χ2v) is 5.85. The van der Waals surface area contributed by atoms with Crippen LogP contribution in [0.25, 0.3) is 0 Å². The molecular formula is C16H20N2O. The number of fused-ring (bicyclic) bond motifs is 1. The lowest BCUT2D eigenvalue weighted by atomic mass is 9.69. The minimum atomic E-state index is -0.110. The molecule has 3 heteroatoms. The minimum absolute atomic E-state index is 0.110. The van der Waals surface area contributed by atoms with Crippen LogP contribution in [0.15, 0.2) is 18.2 Å². The molecule has 0 amide bonds. The number of rotatable bonds is 3. The zero-order valence-corrected chi connectivity index (χ0v) is 11.5. The van der Waals surface area contributed by atoms with Gasteiger partial charge < -0.3 is 9.64 Å². The molecule has 19 heavy (non-hydrogen) atoms. The molecule has 0 unspecified atom stereocenters. The summed E-state index contributed by atoms with van der Waals surface area (Å²) in [7, 11) is 2.09. The molecule has 0 spiro atoms.